The molecule has 0 bridgehead atoms. The van der Waals surface area contributed by atoms with E-state index in [-0.39, 0.29) is 5.78 Å². The molecule has 1 aliphatic heterocycles. The molecule has 0 aliphatic carbocycles. The Bertz CT molecular complexity index is 619. The third-order valence-electron chi connectivity index (χ3n) is 3.13. The Morgan fingerprint density at radius 1 is 1.00 bits per heavy atom. The maximum atomic E-state index is 12.2. The molecule has 1 heterocycles. The van der Waals surface area contributed by atoms with Crippen LogP contribution in [0.15, 0.2) is 54.6 Å². The number of nitrogens with one attached hydrogen (secondary N) is 2. The number of Topliss-reactive ketones (excluding diaryl/α,β-unsaturated/α-hetero) is 1. The van der Waals surface area contributed by atoms with Crippen molar-refractivity contribution in [3.8, 4) is 0 Å². The van der Waals surface area contributed by atoms with Gasteiger partial charge in [0.05, 0.1) is 5.71 Å². The van der Waals surface area contributed by atoms with Crippen molar-refractivity contribution in [1.82, 2.24) is 0 Å². The quantitative estimate of drug-likeness (QED) is 0.788. The largest absolute Gasteiger partial charge is 0.370 e. The zero-order chi connectivity index (χ0) is 12.5. The number of hydrogen-bond donors (Lipinski definition) is 2. The number of hydrogen-bond acceptors (Lipinski definition) is 3. The Kier molecular flexibility index (Phi) is 2.45. The number of fused-ring (bicyclic) bond motifs is 1. The molecule has 3 heteroatoms. The summed E-state index contributed by atoms with van der Waals surface area (Å²) in [7, 11) is 0. The number of carbonyl (C=O) groups excluding carboxylic acids is 1. The van der Waals surface area contributed by atoms with E-state index in [2.05, 4.69) is 5.32 Å². The second kappa shape index (κ2) is 4.11. The summed E-state index contributed by atoms with van der Waals surface area (Å²) < 4.78 is 0. The first kappa shape index (κ1) is 10.7. The van der Waals surface area contributed by atoms with Crippen molar-refractivity contribution in [1.29, 1.82) is 5.41 Å². The normalized spacial score (nSPS) is 17.1. The van der Waals surface area contributed by atoms with Crippen LogP contribution >= 0.6 is 0 Å². The molecule has 3 rings (SSSR count). The lowest BCUT2D eigenvalue weighted by molar-refractivity contribution is 0.0999. The van der Waals surface area contributed by atoms with Gasteiger partial charge < -0.3 is 10.7 Å². The Morgan fingerprint density at radius 2 is 1.67 bits per heavy atom. The molecule has 0 saturated heterocycles. The first-order valence-corrected chi connectivity index (χ1v) is 5.81. The van der Waals surface area contributed by atoms with Crippen LogP contribution in [0.5, 0.6) is 0 Å². The standard InChI is InChI=1S/C15H12N2O/c16-13(10-6-2-1-3-7-10)14-15(18)11-8-4-5-9-12(11)17-14/h1-9,14,16-17H. The van der Waals surface area contributed by atoms with E-state index in [1.54, 1.807) is 6.07 Å². The zero-order valence-corrected chi connectivity index (χ0v) is 9.68. The second-order valence-corrected chi connectivity index (χ2v) is 4.27. The Hall–Kier alpha value is -2.42. The highest BCUT2D eigenvalue weighted by molar-refractivity contribution is 6.26. The van der Waals surface area contributed by atoms with Crippen molar-refractivity contribution < 1.29 is 4.79 Å². The number of carbonyl (C=O) groups is 1. The van der Waals surface area contributed by atoms with Gasteiger partial charge in [0.15, 0.2) is 5.78 Å². The minimum atomic E-state index is -0.565. The van der Waals surface area contributed by atoms with Crippen molar-refractivity contribution in [2.24, 2.45) is 0 Å². The molecule has 0 amide bonds. The molecule has 2 N–H and O–H groups in total. The molecule has 0 radical (unpaired) electrons. The van der Waals surface area contributed by atoms with E-state index in [0.717, 1.165) is 11.3 Å². The number of benzene rings is 2. The fourth-order valence-electron chi connectivity index (χ4n) is 2.19. The van der Waals surface area contributed by atoms with E-state index in [0.29, 0.717) is 11.3 Å². The SMILES string of the molecule is N=C(c1ccccc1)C1Nc2ccccc2C1=O. The van der Waals surface area contributed by atoms with Gasteiger partial charge >= 0.3 is 0 Å². The summed E-state index contributed by atoms with van der Waals surface area (Å²) in [5.41, 5.74) is 2.57. The van der Waals surface area contributed by atoms with Crippen molar-refractivity contribution in [3.63, 3.8) is 0 Å². The minimum Gasteiger partial charge on any atom is -0.370 e. The summed E-state index contributed by atoms with van der Waals surface area (Å²) in [6.07, 6.45) is 0. The Balaban J connectivity index is 1.94. The van der Waals surface area contributed by atoms with Gasteiger partial charge in [0.2, 0.25) is 0 Å². The van der Waals surface area contributed by atoms with Crippen LogP contribution in [0.25, 0.3) is 0 Å². The van der Waals surface area contributed by atoms with Crippen LogP contribution in [-0.4, -0.2) is 17.5 Å². The predicted molar refractivity (Wildman–Crippen MR) is 71.5 cm³/mol. The molecular weight excluding hydrogens is 224 g/mol. The highest BCUT2D eigenvalue weighted by Gasteiger charge is 2.32. The van der Waals surface area contributed by atoms with Crippen LogP contribution in [-0.2, 0) is 0 Å². The lowest BCUT2D eigenvalue weighted by atomic mass is 9.99. The van der Waals surface area contributed by atoms with Crippen LogP contribution in [0.2, 0.25) is 0 Å². The lowest BCUT2D eigenvalue weighted by Crippen LogP contribution is -2.32. The molecule has 0 spiro atoms. The highest BCUT2D eigenvalue weighted by atomic mass is 16.1. The van der Waals surface area contributed by atoms with Crippen LogP contribution < -0.4 is 5.32 Å². The fourth-order valence-corrected chi connectivity index (χ4v) is 2.19. The molecule has 88 valence electrons. The summed E-state index contributed by atoms with van der Waals surface area (Å²) in [6.45, 7) is 0. The molecule has 0 fully saturated rings. The first-order chi connectivity index (χ1) is 8.77. The van der Waals surface area contributed by atoms with Gasteiger partial charge in [0.1, 0.15) is 6.04 Å². The molecule has 2 aromatic rings. The van der Waals surface area contributed by atoms with Crippen LogP contribution in [0.3, 0.4) is 0 Å². The van der Waals surface area contributed by atoms with Gasteiger partial charge in [-0.15, -0.1) is 0 Å². The van der Waals surface area contributed by atoms with E-state index >= 15 is 0 Å². The number of anilines is 1. The van der Waals surface area contributed by atoms with E-state index in [4.69, 9.17) is 5.41 Å². The Labute approximate surface area is 105 Å². The van der Waals surface area contributed by atoms with Crippen molar-refractivity contribution in [3.05, 3.63) is 65.7 Å². The summed E-state index contributed by atoms with van der Waals surface area (Å²) in [5.74, 6) is -0.0283. The fraction of sp³-hybridized carbons (Fsp3) is 0.0667. The second-order valence-electron chi connectivity index (χ2n) is 4.27. The minimum absolute atomic E-state index is 0.0283. The van der Waals surface area contributed by atoms with E-state index < -0.39 is 6.04 Å². The maximum Gasteiger partial charge on any atom is 0.193 e. The molecule has 2 aromatic carbocycles. The molecule has 1 unspecified atom stereocenters. The van der Waals surface area contributed by atoms with Gasteiger partial charge in [-0.1, -0.05) is 42.5 Å². The van der Waals surface area contributed by atoms with Crippen LogP contribution in [0, 0.1) is 5.41 Å². The van der Waals surface area contributed by atoms with Gasteiger partial charge in [0.25, 0.3) is 0 Å². The molecule has 1 atom stereocenters. The smallest absolute Gasteiger partial charge is 0.193 e. The van der Waals surface area contributed by atoms with Crippen LogP contribution in [0.1, 0.15) is 15.9 Å². The average molecular weight is 236 g/mol. The van der Waals surface area contributed by atoms with E-state index in [1.807, 2.05) is 48.5 Å². The van der Waals surface area contributed by atoms with Crippen molar-refractivity contribution in [2.45, 2.75) is 6.04 Å². The molecule has 3 nitrogen and oxygen atoms in total. The molecule has 18 heavy (non-hydrogen) atoms. The Morgan fingerprint density at radius 3 is 2.39 bits per heavy atom. The summed E-state index contributed by atoms with van der Waals surface area (Å²) in [5, 5.41) is 11.3. The van der Waals surface area contributed by atoms with Gasteiger partial charge in [-0.3, -0.25) is 4.79 Å². The summed E-state index contributed by atoms with van der Waals surface area (Å²) in [4.78, 5) is 12.2. The lowest BCUT2D eigenvalue weighted by Gasteiger charge is -2.11. The van der Waals surface area contributed by atoms with Gasteiger partial charge in [-0.25, -0.2) is 0 Å². The predicted octanol–water partition coefficient (Wildman–Crippen LogP) is 2.73. The van der Waals surface area contributed by atoms with Crippen molar-refractivity contribution >= 4 is 17.2 Å². The first-order valence-electron chi connectivity index (χ1n) is 5.81. The van der Waals surface area contributed by atoms with Gasteiger partial charge in [-0.2, -0.15) is 0 Å². The molecule has 0 aromatic heterocycles. The van der Waals surface area contributed by atoms with Gasteiger partial charge in [0, 0.05) is 11.3 Å². The van der Waals surface area contributed by atoms with E-state index in [9.17, 15) is 4.79 Å². The zero-order valence-electron chi connectivity index (χ0n) is 9.68. The van der Waals surface area contributed by atoms with Gasteiger partial charge in [-0.05, 0) is 17.7 Å². The van der Waals surface area contributed by atoms with Crippen molar-refractivity contribution in [2.75, 3.05) is 5.32 Å². The third-order valence-corrected chi connectivity index (χ3v) is 3.13. The molecule has 1 aliphatic rings. The highest BCUT2D eigenvalue weighted by Crippen LogP contribution is 2.26. The summed E-state index contributed by atoms with van der Waals surface area (Å²) in [6, 6.07) is 16.2. The number of ketones is 1. The third kappa shape index (κ3) is 1.61. The van der Waals surface area contributed by atoms with Crippen LogP contribution in [0.4, 0.5) is 5.69 Å². The average Bonchev–Trinajstić information content (AvgIpc) is 2.77. The number of para-hydroxylation sites is 1. The monoisotopic (exact) mass is 236 g/mol. The molecular formula is C15H12N2O. The number of rotatable bonds is 2. The summed E-state index contributed by atoms with van der Waals surface area (Å²) >= 11 is 0. The maximum absolute atomic E-state index is 12.2. The van der Waals surface area contributed by atoms with E-state index in [1.165, 1.54) is 0 Å². The molecule has 0 saturated carbocycles. The topological polar surface area (TPSA) is 53.0 Å².